The highest BCUT2D eigenvalue weighted by atomic mass is 15.0. The van der Waals surface area contributed by atoms with E-state index in [2.05, 4.69) is 210 Å². The lowest BCUT2D eigenvalue weighted by molar-refractivity contribution is 0.691. The summed E-state index contributed by atoms with van der Waals surface area (Å²) in [5, 5.41) is 11.4. The molecule has 2 heterocycles. The summed E-state index contributed by atoms with van der Waals surface area (Å²) in [5.41, 5.74) is 13.9. The van der Waals surface area contributed by atoms with Crippen molar-refractivity contribution in [2.45, 2.75) is 13.3 Å². The molecule has 0 saturated heterocycles. The van der Waals surface area contributed by atoms with Crippen LogP contribution in [0.25, 0.3) is 105 Å². The van der Waals surface area contributed by atoms with Crippen molar-refractivity contribution < 1.29 is 0 Å². The van der Waals surface area contributed by atoms with Gasteiger partial charge in [-0.15, -0.1) is 0 Å². The zero-order chi connectivity index (χ0) is 37.6. The third-order valence-corrected chi connectivity index (χ3v) is 12.4. The summed E-state index contributed by atoms with van der Waals surface area (Å²) in [6.45, 7) is 2.31. The fraction of sp³-hybridized carbons (Fsp3) is 0.0545. The van der Waals surface area contributed by atoms with Gasteiger partial charge in [-0.3, -0.25) is 0 Å². The molecule has 1 aliphatic carbocycles. The average molecular weight is 727 g/mol. The molecule has 0 spiro atoms. The Morgan fingerprint density at radius 1 is 0.404 bits per heavy atom. The highest BCUT2D eigenvalue weighted by Crippen LogP contribution is 2.40. The summed E-state index contributed by atoms with van der Waals surface area (Å²) < 4.78 is 4.88. The monoisotopic (exact) mass is 726 g/mol. The van der Waals surface area contributed by atoms with Gasteiger partial charge in [0, 0.05) is 38.8 Å². The van der Waals surface area contributed by atoms with E-state index < -0.39 is 0 Å². The van der Waals surface area contributed by atoms with Crippen LogP contribution in [-0.2, 0) is 6.42 Å². The van der Waals surface area contributed by atoms with Gasteiger partial charge in [0.25, 0.3) is 0 Å². The predicted octanol–water partition coefficient (Wildman–Crippen LogP) is 14.7. The summed E-state index contributed by atoms with van der Waals surface area (Å²) in [5.74, 6) is 0.525. The fourth-order valence-electron chi connectivity index (χ4n) is 9.73. The van der Waals surface area contributed by atoms with Crippen LogP contribution in [-0.4, -0.2) is 9.13 Å². The van der Waals surface area contributed by atoms with Crippen molar-refractivity contribution in [3.05, 3.63) is 199 Å². The van der Waals surface area contributed by atoms with Gasteiger partial charge in [0.15, 0.2) is 0 Å². The van der Waals surface area contributed by atoms with Crippen LogP contribution >= 0.6 is 0 Å². The summed E-state index contributed by atoms with van der Waals surface area (Å²) in [4.78, 5) is 0. The van der Waals surface area contributed by atoms with Crippen molar-refractivity contribution >= 4 is 71.1 Å². The van der Waals surface area contributed by atoms with Crippen LogP contribution in [0.5, 0.6) is 0 Å². The number of hydrogen-bond acceptors (Lipinski definition) is 0. The number of benzene rings is 9. The molecule has 1 atom stereocenters. The lowest BCUT2D eigenvalue weighted by Crippen LogP contribution is -2.08. The molecular formula is C55H38N2. The zero-order valence-corrected chi connectivity index (χ0v) is 31.7. The average Bonchev–Trinajstić information content (AvgIpc) is 3.78. The first-order valence-corrected chi connectivity index (χ1v) is 20.1. The highest BCUT2D eigenvalue weighted by molar-refractivity contribution is 6.10. The summed E-state index contributed by atoms with van der Waals surface area (Å²) in [6, 6.07) is 67.5. The molecule has 2 nitrogen and oxygen atoms in total. The number of nitrogens with zero attached hydrogens (tertiary/aromatic N) is 2. The van der Waals surface area contributed by atoms with Crippen LogP contribution in [0.4, 0.5) is 0 Å². The smallest absolute Gasteiger partial charge is 0.0541 e. The van der Waals surface area contributed by atoms with Gasteiger partial charge < -0.3 is 9.13 Å². The summed E-state index contributed by atoms with van der Waals surface area (Å²) in [7, 11) is 0. The third kappa shape index (κ3) is 4.97. The number of fused-ring (bicyclic) bond motifs is 9. The maximum atomic E-state index is 2.49. The van der Waals surface area contributed by atoms with Crippen molar-refractivity contribution in [1.82, 2.24) is 9.13 Å². The topological polar surface area (TPSA) is 9.86 Å². The van der Waals surface area contributed by atoms with E-state index >= 15 is 0 Å². The first kappa shape index (κ1) is 32.1. The molecule has 2 heteroatoms. The van der Waals surface area contributed by atoms with E-state index in [0.29, 0.717) is 5.92 Å². The number of allylic oxidation sites excluding steroid dienone is 1. The second kappa shape index (κ2) is 12.4. The summed E-state index contributed by atoms with van der Waals surface area (Å²) >= 11 is 0. The Labute approximate surface area is 331 Å². The standard InChI is InChI=1S/C55H38N2/c1-35-20-29-51-50-12-4-7-19-54(50)57(55(51)30-35)43-28-26-37-32-41(24-22-39(37)34-43)45-14-9-15-46-44(13-8-16-47(45)46)40-23-21-38-33-42(27-25-36(38)31-40)56-52-17-5-2-10-48(52)49-11-3-6-18-53(49)56/h2-29,31-35H,30H2,1H3. The highest BCUT2D eigenvalue weighted by Gasteiger charge is 2.21. The molecule has 11 aromatic rings. The molecule has 0 radical (unpaired) electrons. The normalized spacial score (nSPS) is 14.1. The van der Waals surface area contributed by atoms with Gasteiger partial charge in [0.1, 0.15) is 0 Å². The number of aromatic nitrogens is 2. The zero-order valence-electron chi connectivity index (χ0n) is 31.7. The molecular weight excluding hydrogens is 689 g/mol. The van der Waals surface area contributed by atoms with Gasteiger partial charge in [-0.05, 0) is 122 Å². The number of rotatable bonds is 4. The second-order valence-electron chi connectivity index (χ2n) is 15.8. The van der Waals surface area contributed by atoms with Gasteiger partial charge in [0.2, 0.25) is 0 Å². The minimum atomic E-state index is 0.525. The molecule has 57 heavy (non-hydrogen) atoms. The SMILES string of the molecule is CC1C=Cc2c(n(-c3ccc4cc(-c5cccc6c(-c7ccc8cc(-n9c%10ccccc%10c%10ccccc%109)ccc8c7)cccc56)ccc4c3)c3ccccc23)C1. The Bertz CT molecular complexity index is 3410. The molecule has 9 aromatic carbocycles. The molecule has 2 aromatic heterocycles. The Morgan fingerprint density at radius 3 is 1.44 bits per heavy atom. The lowest BCUT2D eigenvalue weighted by Gasteiger charge is -2.18. The van der Waals surface area contributed by atoms with E-state index in [-0.39, 0.29) is 0 Å². The van der Waals surface area contributed by atoms with E-state index in [1.54, 1.807) is 0 Å². The number of hydrogen-bond donors (Lipinski definition) is 0. The van der Waals surface area contributed by atoms with Gasteiger partial charge in [0.05, 0.1) is 16.6 Å². The Balaban J connectivity index is 0.915. The molecule has 0 N–H and O–H groups in total. The Morgan fingerprint density at radius 2 is 0.860 bits per heavy atom. The minimum absolute atomic E-state index is 0.525. The first-order valence-electron chi connectivity index (χ1n) is 20.1. The maximum Gasteiger partial charge on any atom is 0.0541 e. The molecule has 0 aliphatic heterocycles. The van der Waals surface area contributed by atoms with Crippen LogP contribution in [0.1, 0.15) is 18.2 Å². The van der Waals surface area contributed by atoms with Crippen LogP contribution in [0, 0.1) is 5.92 Å². The van der Waals surface area contributed by atoms with Crippen LogP contribution in [0.2, 0.25) is 0 Å². The molecule has 12 rings (SSSR count). The van der Waals surface area contributed by atoms with E-state index in [1.807, 2.05) is 0 Å². The van der Waals surface area contributed by atoms with Crippen molar-refractivity contribution in [2.24, 2.45) is 5.92 Å². The molecule has 0 saturated carbocycles. The molecule has 1 aliphatic rings. The van der Waals surface area contributed by atoms with Gasteiger partial charge in [-0.1, -0.05) is 146 Å². The number of para-hydroxylation sites is 3. The minimum Gasteiger partial charge on any atom is -0.313 e. The van der Waals surface area contributed by atoms with Crippen molar-refractivity contribution in [2.75, 3.05) is 0 Å². The predicted molar refractivity (Wildman–Crippen MR) is 243 cm³/mol. The van der Waals surface area contributed by atoms with Crippen LogP contribution < -0.4 is 0 Å². The first-order chi connectivity index (χ1) is 28.2. The van der Waals surface area contributed by atoms with E-state index in [0.717, 1.165) is 6.42 Å². The van der Waals surface area contributed by atoms with Crippen LogP contribution in [0.3, 0.4) is 0 Å². The summed E-state index contributed by atoms with van der Waals surface area (Å²) in [6.07, 6.45) is 5.72. The molecule has 268 valence electrons. The lowest BCUT2D eigenvalue weighted by atomic mass is 9.91. The van der Waals surface area contributed by atoms with E-state index in [4.69, 9.17) is 0 Å². The Kier molecular flexibility index (Phi) is 7.00. The van der Waals surface area contributed by atoms with Crippen molar-refractivity contribution in [3.63, 3.8) is 0 Å². The Hall–Kier alpha value is -7.16. The van der Waals surface area contributed by atoms with E-state index in [1.165, 1.54) is 110 Å². The second-order valence-corrected chi connectivity index (χ2v) is 15.8. The molecule has 1 unspecified atom stereocenters. The van der Waals surface area contributed by atoms with E-state index in [9.17, 15) is 0 Å². The largest absolute Gasteiger partial charge is 0.313 e. The van der Waals surface area contributed by atoms with Gasteiger partial charge >= 0.3 is 0 Å². The van der Waals surface area contributed by atoms with Crippen molar-refractivity contribution in [1.29, 1.82) is 0 Å². The third-order valence-electron chi connectivity index (χ3n) is 12.4. The quantitative estimate of drug-likeness (QED) is 0.171. The molecule has 0 bridgehead atoms. The van der Waals surface area contributed by atoms with Gasteiger partial charge in [-0.25, -0.2) is 0 Å². The fourth-order valence-corrected chi connectivity index (χ4v) is 9.73. The molecule has 0 fully saturated rings. The molecule has 0 amide bonds. The maximum absolute atomic E-state index is 2.49. The van der Waals surface area contributed by atoms with Gasteiger partial charge in [-0.2, -0.15) is 0 Å². The van der Waals surface area contributed by atoms with Crippen molar-refractivity contribution in [3.8, 4) is 33.6 Å². The van der Waals surface area contributed by atoms with Crippen LogP contribution in [0.15, 0.2) is 188 Å².